The molecule has 3 N–H and O–H groups in total. The molecule has 33 heavy (non-hydrogen) atoms. The number of halogens is 1. The van der Waals surface area contributed by atoms with E-state index < -0.39 is 22.9 Å². The molecule has 2 atom stereocenters. The third kappa shape index (κ3) is 4.74. The first-order valence-electron chi connectivity index (χ1n) is 10.8. The molecule has 0 aliphatic heterocycles. The Labute approximate surface area is 195 Å². The average Bonchev–Trinajstić information content (AvgIpc) is 3.20. The first kappa shape index (κ1) is 23.3. The molecule has 0 saturated heterocycles. The van der Waals surface area contributed by atoms with Crippen LogP contribution in [0, 0.1) is 31.0 Å². The minimum absolute atomic E-state index is 0.327. The second-order valence-corrected chi connectivity index (χ2v) is 10.5. The highest BCUT2D eigenvalue weighted by atomic mass is 32.1. The molecule has 1 fully saturated rings. The Kier molecular flexibility index (Phi) is 5.96. The zero-order valence-electron chi connectivity index (χ0n) is 19.0. The van der Waals surface area contributed by atoms with Gasteiger partial charge in [-0.25, -0.2) is 19.3 Å². The number of aliphatic hydroxyl groups is 1. The van der Waals surface area contributed by atoms with Crippen molar-refractivity contribution in [2.75, 3.05) is 5.32 Å². The first-order chi connectivity index (χ1) is 15.5. The average molecular weight is 471 g/mol. The molecule has 0 bridgehead atoms. The SMILES string of the molecule is Cc1cc(Nc2cc(C)c(F)cn2)nc(-c2cnc([C@]3(O)CC[C@@H](C(=O)O)C(C)(C)C3)s2)c1. The van der Waals surface area contributed by atoms with Crippen molar-refractivity contribution < 1.29 is 19.4 Å². The van der Waals surface area contributed by atoms with Gasteiger partial charge in [0.1, 0.15) is 28.1 Å². The van der Waals surface area contributed by atoms with Crippen molar-refractivity contribution in [1.29, 1.82) is 0 Å². The normalized spacial score (nSPS) is 22.2. The standard InChI is InChI=1S/C24H27FN4O3S/c1-13-7-17(28-20(8-13)29-19-9-14(2)16(25)10-26-19)18-11-27-22(33-18)24(32)6-5-15(21(30)31)23(3,4)12-24/h7-11,15,32H,5-6,12H2,1-4H3,(H,30,31)(H,26,28,29)/t15-,24-/m0/s1. The highest BCUT2D eigenvalue weighted by molar-refractivity contribution is 7.15. The van der Waals surface area contributed by atoms with E-state index in [1.54, 1.807) is 19.2 Å². The summed E-state index contributed by atoms with van der Waals surface area (Å²) < 4.78 is 13.5. The van der Waals surface area contributed by atoms with E-state index in [2.05, 4.69) is 20.3 Å². The van der Waals surface area contributed by atoms with Gasteiger partial charge in [-0.2, -0.15) is 0 Å². The van der Waals surface area contributed by atoms with E-state index in [4.69, 9.17) is 0 Å². The van der Waals surface area contributed by atoms with Gasteiger partial charge in [0, 0.05) is 6.20 Å². The number of pyridine rings is 2. The van der Waals surface area contributed by atoms with Crippen LogP contribution in [0.2, 0.25) is 0 Å². The molecular weight excluding hydrogens is 443 g/mol. The Balaban J connectivity index is 1.59. The third-order valence-corrected chi connectivity index (χ3v) is 7.48. The van der Waals surface area contributed by atoms with Crippen LogP contribution in [0.5, 0.6) is 0 Å². The number of nitrogens with one attached hydrogen (secondary N) is 1. The van der Waals surface area contributed by atoms with Crippen molar-refractivity contribution in [2.45, 2.75) is 52.6 Å². The lowest BCUT2D eigenvalue weighted by molar-refractivity contribution is -0.154. The van der Waals surface area contributed by atoms with Gasteiger partial charge in [-0.1, -0.05) is 13.8 Å². The first-order valence-corrected chi connectivity index (χ1v) is 11.6. The van der Waals surface area contributed by atoms with Gasteiger partial charge in [0.15, 0.2) is 0 Å². The van der Waals surface area contributed by atoms with E-state index in [1.807, 2.05) is 32.9 Å². The molecule has 3 aromatic heterocycles. The molecule has 4 rings (SSSR count). The van der Waals surface area contributed by atoms with E-state index >= 15 is 0 Å². The molecule has 174 valence electrons. The van der Waals surface area contributed by atoms with Crippen LogP contribution in [0.1, 0.15) is 49.2 Å². The minimum atomic E-state index is -1.17. The van der Waals surface area contributed by atoms with Crippen molar-refractivity contribution in [2.24, 2.45) is 11.3 Å². The molecule has 0 radical (unpaired) electrons. The van der Waals surface area contributed by atoms with Crippen molar-refractivity contribution >= 4 is 28.9 Å². The molecule has 0 amide bonds. The number of thiazole rings is 1. The van der Waals surface area contributed by atoms with Crippen LogP contribution in [-0.2, 0) is 10.4 Å². The monoisotopic (exact) mass is 470 g/mol. The Morgan fingerprint density at radius 1 is 1.18 bits per heavy atom. The molecule has 1 saturated carbocycles. The van der Waals surface area contributed by atoms with Gasteiger partial charge in [0.05, 0.1) is 22.7 Å². The number of anilines is 2. The Morgan fingerprint density at radius 3 is 2.61 bits per heavy atom. The number of aromatic nitrogens is 3. The summed E-state index contributed by atoms with van der Waals surface area (Å²) in [4.78, 5) is 25.6. The molecule has 0 aromatic carbocycles. The predicted octanol–water partition coefficient (Wildman–Crippen LogP) is 5.20. The van der Waals surface area contributed by atoms with Crippen LogP contribution in [0.4, 0.5) is 16.0 Å². The number of carboxylic acid groups (broad SMARTS) is 1. The van der Waals surface area contributed by atoms with E-state index in [-0.39, 0.29) is 5.82 Å². The maximum absolute atomic E-state index is 13.5. The number of hydrogen-bond acceptors (Lipinski definition) is 7. The largest absolute Gasteiger partial charge is 0.481 e. The topological polar surface area (TPSA) is 108 Å². The Hall–Kier alpha value is -2.91. The summed E-state index contributed by atoms with van der Waals surface area (Å²) in [7, 11) is 0. The fourth-order valence-corrected chi connectivity index (χ4v) is 5.58. The fraction of sp³-hybridized carbons (Fsp3) is 0.417. The quantitative estimate of drug-likeness (QED) is 0.470. The van der Waals surface area contributed by atoms with Gasteiger partial charge < -0.3 is 15.5 Å². The molecule has 9 heteroatoms. The van der Waals surface area contributed by atoms with Gasteiger partial charge in [-0.05, 0) is 67.9 Å². The fourth-order valence-electron chi connectivity index (χ4n) is 4.58. The molecule has 3 heterocycles. The summed E-state index contributed by atoms with van der Waals surface area (Å²) in [6.45, 7) is 7.39. The molecule has 1 aliphatic carbocycles. The van der Waals surface area contributed by atoms with Crippen molar-refractivity contribution in [1.82, 2.24) is 15.0 Å². The predicted molar refractivity (Wildman–Crippen MR) is 125 cm³/mol. The van der Waals surface area contributed by atoms with Gasteiger partial charge in [-0.15, -0.1) is 11.3 Å². The van der Waals surface area contributed by atoms with E-state index in [1.165, 1.54) is 17.5 Å². The Morgan fingerprint density at radius 2 is 1.94 bits per heavy atom. The maximum Gasteiger partial charge on any atom is 0.307 e. The summed E-state index contributed by atoms with van der Waals surface area (Å²) in [5.74, 6) is -0.617. The molecule has 3 aromatic rings. The zero-order chi connectivity index (χ0) is 24.0. The van der Waals surface area contributed by atoms with E-state index in [9.17, 15) is 19.4 Å². The number of nitrogens with zero attached hydrogens (tertiary/aromatic N) is 3. The lowest BCUT2D eigenvalue weighted by Crippen LogP contribution is -2.44. The number of aryl methyl sites for hydroxylation is 2. The van der Waals surface area contributed by atoms with Gasteiger partial charge in [-0.3, -0.25) is 4.79 Å². The third-order valence-electron chi connectivity index (χ3n) is 6.27. The summed E-state index contributed by atoms with van der Waals surface area (Å²) in [6, 6.07) is 5.42. The van der Waals surface area contributed by atoms with E-state index in [0.29, 0.717) is 47.2 Å². The smallest absolute Gasteiger partial charge is 0.307 e. The Bertz CT molecular complexity index is 1210. The van der Waals surface area contributed by atoms with Gasteiger partial charge >= 0.3 is 5.97 Å². The highest BCUT2D eigenvalue weighted by Crippen LogP contribution is 2.50. The number of rotatable bonds is 5. The summed E-state index contributed by atoms with van der Waals surface area (Å²) >= 11 is 1.37. The highest BCUT2D eigenvalue weighted by Gasteiger charge is 2.49. The van der Waals surface area contributed by atoms with Crippen molar-refractivity contribution in [3.8, 4) is 10.6 Å². The van der Waals surface area contributed by atoms with Crippen LogP contribution in [-0.4, -0.2) is 31.1 Å². The number of hydrogen-bond donors (Lipinski definition) is 3. The number of aliphatic carboxylic acids is 1. The molecule has 7 nitrogen and oxygen atoms in total. The minimum Gasteiger partial charge on any atom is -0.481 e. The van der Waals surface area contributed by atoms with Crippen molar-refractivity contribution in [3.63, 3.8) is 0 Å². The summed E-state index contributed by atoms with van der Waals surface area (Å²) in [6.07, 6.45) is 3.94. The van der Waals surface area contributed by atoms with Crippen LogP contribution in [0.15, 0.2) is 30.6 Å². The lowest BCUT2D eigenvalue weighted by atomic mass is 9.63. The summed E-state index contributed by atoms with van der Waals surface area (Å²) in [5.41, 5.74) is 0.434. The number of carboxylic acids is 1. The molecular formula is C24H27FN4O3S. The summed E-state index contributed by atoms with van der Waals surface area (Å²) in [5, 5.41) is 24.6. The second kappa shape index (κ2) is 8.46. The van der Waals surface area contributed by atoms with Crippen LogP contribution >= 0.6 is 11.3 Å². The van der Waals surface area contributed by atoms with Crippen LogP contribution in [0.3, 0.4) is 0 Å². The van der Waals surface area contributed by atoms with Gasteiger partial charge in [0.2, 0.25) is 0 Å². The zero-order valence-corrected chi connectivity index (χ0v) is 19.8. The molecule has 1 aliphatic rings. The lowest BCUT2D eigenvalue weighted by Gasteiger charge is -2.44. The van der Waals surface area contributed by atoms with Crippen molar-refractivity contribution in [3.05, 3.63) is 52.5 Å². The molecule has 0 spiro atoms. The van der Waals surface area contributed by atoms with Crippen LogP contribution < -0.4 is 5.32 Å². The second-order valence-electron chi connectivity index (χ2n) is 9.51. The van der Waals surface area contributed by atoms with Crippen LogP contribution in [0.25, 0.3) is 10.6 Å². The van der Waals surface area contributed by atoms with Gasteiger partial charge in [0.25, 0.3) is 0 Å². The number of carbonyl (C=O) groups is 1. The molecule has 0 unspecified atom stereocenters. The van der Waals surface area contributed by atoms with E-state index in [0.717, 1.165) is 10.4 Å². The maximum atomic E-state index is 13.5.